The number of carbonyl (C=O) groups is 2. The molecule has 0 aliphatic carbocycles. The summed E-state index contributed by atoms with van der Waals surface area (Å²) in [6.07, 6.45) is 2.85. The maximum atomic E-state index is 12.1. The predicted octanol–water partition coefficient (Wildman–Crippen LogP) is 1.37. The topological polar surface area (TPSA) is 66.8 Å². The summed E-state index contributed by atoms with van der Waals surface area (Å²) in [4.78, 5) is 24.5. The number of carbonyl (C=O) groups excluding carboxylic acids is 1. The Balaban J connectivity index is 2.42. The molecule has 5 heteroatoms. The summed E-state index contributed by atoms with van der Waals surface area (Å²) in [6.45, 7) is 3.79. The lowest BCUT2D eigenvalue weighted by atomic mass is 9.92. The molecule has 1 aliphatic heterocycles. The SMILES string of the molecule is COC[C@H](C)C(=O)N1CCC[C@H](CCC(=O)O)C1. The summed E-state index contributed by atoms with van der Waals surface area (Å²) < 4.78 is 5.00. The second-order valence-electron chi connectivity index (χ2n) is 5.08. The van der Waals surface area contributed by atoms with Gasteiger partial charge in [0.1, 0.15) is 0 Å². The van der Waals surface area contributed by atoms with E-state index in [-0.39, 0.29) is 18.2 Å². The summed E-state index contributed by atoms with van der Waals surface area (Å²) in [6, 6.07) is 0. The number of methoxy groups -OCH3 is 1. The van der Waals surface area contributed by atoms with Gasteiger partial charge in [0.25, 0.3) is 0 Å². The number of aliphatic carboxylic acids is 1. The molecule has 1 amide bonds. The number of likely N-dealkylation sites (tertiary alicyclic amines) is 1. The van der Waals surface area contributed by atoms with Gasteiger partial charge >= 0.3 is 5.97 Å². The highest BCUT2D eigenvalue weighted by Gasteiger charge is 2.26. The fourth-order valence-corrected chi connectivity index (χ4v) is 2.46. The molecule has 0 aromatic heterocycles. The molecule has 104 valence electrons. The van der Waals surface area contributed by atoms with Crippen LogP contribution < -0.4 is 0 Å². The second-order valence-corrected chi connectivity index (χ2v) is 5.08. The number of ether oxygens (including phenoxy) is 1. The largest absolute Gasteiger partial charge is 0.481 e. The first-order chi connectivity index (χ1) is 8.54. The van der Waals surface area contributed by atoms with Crippen molar-refractivity contribution in [2.45, 2.75) is 32.6 Å². The number of carboxylic acid groups (broad SMARTS) is 1. The van der Waals surface area contributed by atoms with Crippen molar-refractivity contribution in [2.24, 2.45) is 11.8 Å². The Morgan fingerprint density at radius 2 is 2.22 bits per heavy atom. The minimum Gasteiger partial charge on any atom is -0.481 e. The van der Waals surface area contributed by atoms with Crippen LogP contribution in [0.2, 0.25) is 0 Å². The van der Waals surface area contributed by atoms with Crippen molar-refractivity contribution >= 4 is 11.9 Å². The molecule has 1 rings (SSSR count). The fraction of sp³-hybridized carbons (Fsp3) is 0.846. The van der Waals surface area contributed by atoms with Crippen molar-refractivity contribution in [2.75, 3.05) is 26.8 Å². The second kappa shape index (κ2) is 7.36. The van der Waals surface area contributed by atoms with Crippen molar-refractivity contribution in [1.29, 1.82) is 0 Å². The van der Waals surface area contributed by atoms with Crippen LogP contribution in [0.25, 0.3) is 0 Å². The normalized spacial score (nSPS) is 21.7. The summed E-state index contributed by atoms with van der Waals surface area (Å²) in [5.41, 5.74) is 0. The average molecular weight is 257 g/mol. The van der Waals surface area contributed by atoms with E-state index >= 15 is 0 Å². The molecule has 0 saturated carbocycles. The van der Waals surface area contributed by atoms with Crippen LogP contribution in [0.5, 0.6) is 0 Å². The third-order valence-corrected chi connectivity index (χ3v) is 3.44. The zero-order chi connectivity index (χ0) is 13.5. The van der Waals surface area contributed by atoms with E-state index in [1.165, 1.54) is 0 Å². The molecule has 18 heavy (non-hydrogen) atoms. The van der Waals surface area contributed by atoms with Gasteiger partial charge in [-0.15, -0.1) is 0 Å². The van der Waals surface area contributed by atoms with Crippen molar-refractivity contribution in [3.8, 4) is 0 Å². The van der Waals surface area contributed by atoms with Gasteiger partial charge < -0.3 is 14.7 Å². The Labute approximate surface area is 108 Å². The van der Waals surface area contributed by atoms with Crippen LogP contribution in [-0.4, -0.2) is 48.7 Å². The van der Waals surface area contributed by atoms with Crippen molar-refractivity contribution in [1.82, 2.24) is 4.90 Å². The fourth-order valence-electron chi connectivity index (χ4n) is 2.46. The zero-order valence-corrected chi connectivity index (χ0v) is 11.2. The van der Waals surface area contributed by atoms with Gasteiger partial charge in [0.15, 0.2) is 0 Å². The molecule has 0 aromatic rings. The molecule has 1 N–H and O–H groups in total. The lowest BCUT2D eigenvalue weighted by molar-refractivity contribution is -0.138. The van der Waals surface area contributed by atoms with Crippen molar-refractivity contribution in [3.63, 3.8) is 0 Å². The molecule has 1 aliphatic rings. The predicted molar refractivity (Wildman–Crippen MR) is 67.2 cm³/mol. The van der Waals surface area contributed by atoms with Crippen LogP contribution in [0.1, 0.15) is 32.6 Å². The van der Waals surface area contributed by atoms with Crippen LogP contribution in [0.3, 0.4) is 0 Å². The zero-order valence-electron chi connectivity index (χ0n) is 11.2. The summed E-state index contributed by atoms with van der Waals surface area (Å²) in [5, 5.41) is 8.68. The first-order valence-electron chi connectivity index (χ1n) is 6.54. The highest BCUT2D eigenvalue weighted by Crippen LogP contribution is 2.22. The lowest BCUT2D eigenvalue weighted by Crippen LogP contribution is -2.43. The van der Waals surface area contributed by atoms with Gasteiger partial charge in [0.05, 0.1) is 12.5 Å². The standard InChI is InChI=1S/C13H23NO4/c1-10(9-18-2)13(17)14-7-3-4-11(8-14)5-6-12(15)16/h10-11H,3-9H2,1-2H3,(H,15,16)/t10-,11+/m0/s1. The van der Waals surface area contributed by atoms with Gasteiger partial charge in [-0.1, -0.05) is 6.92 Å². The maximum Gasteiger partial charge on any atom is 0.303 e. The molecule has 0 bridgehead atoms. The minimum absolute atomic E-state index is 0.117. The first kappa shape index (κ1) is 15.0. The highest BCUT2D eigenvalue weighted by molar-refractivity contribution is 5.78. The van der Waals surface area contributed by atoms with E-state index in [4.69, 9.17) is 9.84 Å². The summed E-state index contributed by atoms with van der Waals surface area (Å²) in [5.74, 6) is -0.426. The Morgan fingerprint density at radius 1 is 1.50 bits per heavy atom. The Bertz CT molecular complexity index is 293. The van der Waals surface area contributed by atoms with Crippen LogP contribution in [0.4, 0.5) is 0 Å². The average Bonchev–Trinajstić information content (AvgIpc) is 2.36. The molecule has 1 heterocycles. The van der Waals surface area contributed by atoms with E-state index in [9.17, 15) is 9.59 Å². The Kier molecular flexibility index (Phi) is 6.12. The molecule has 1 fully saturated rings. The van der Waals surface area contributed by atoms with Crippen molar-refractivity contribution < 1.29 is 19.4 Å². The maximum absolute atomic E-state index is 12.1. The van der Waals surface area contributed by atoms with E-state index in [0.29, 0.717) is 25.5 Å². The minimum atomic E-state index is -0.758. The quantitative estimate of drug-likeness (QED) is 0.780. The third kappa shape index (κ3) is 4.64. The van der Waals surface area contributed by atoms with E-state index < -0.39 is 5.97 Å². The van der Waals surface area contributed by atoms with Gasteiger partial charge in [-0.05, 0) is 25.2 Å². The molecule has 2 atom stereocenters. The molecule has 0 spiro atoms. The van der Waals surface area contributed by atoms with Crippen LogP contribution >= 0.6 is 0 Å². The first-order valence-corrected chi connectivity index (χ1v) is 6.54. The summed E-state index contributed by atoms with van der Waals surface area (Å²) in [7, 11) is 1.59. The van der Waals surface area contributed by atoms with Gasteiger partial charge in [0, 0.05) is 26.6 Å². The number of piperidine rings is 1. The molecular formula is C13H23NO4. The van der Waals surface area contributed by atoms with Gasteiger partial charge in [0.2, 0.25) is 5.91 Å². The number of amides is 1. The van der Waals surface area contributed by atoms with E-state index in [0.717, 1.165) is 19.4 Å². The molecule has 0 aromatic carbocycles. The molecule has 0 radical (unpaired) electrons. The van der Waals surface area contributed by atoms with E-state index in [1.54, 1.807) is 7.11 Å². The van der Waals surface area contributed by atoms with Gasteiger partial charge in [-0.2, -0.15) is 0 Å². The number of hydrogen-bond acceptors (Lipinski definition) is 3. The number of hydrogen-bond donors (Lipinski definition) is 1. The van der Waals surface area contributed by atoms with Crippen molar-refractivity contribution in [3.05, 3.63) is 0 Å². The summed E-state index contributed by atoms with van der Waals surface area (Å²) >= 11 is 0. The Morgan fingerprint density at radius 3 is 2.83 bits per heavy atom. The molecule has 5 nitrogen and oxygen atoms in total. The lowest BCUT2D eigenvalue weighted by Gasteiger charge is -2.34. The smallest absolute Gasteiger partial charge is 0.303 e. The van der Waals surface area contributed by atoms with E-state index in [1.807, 2.05) is 11.8 Å². The van der Waals surface area contributed by atoms with Crippen LogP contribution in [0, 0.1) is 11.8 Å². The molecular weight excluding hydrogens is 234 g/mol. The monoisotopic (exact) mass is 257 g/mol. The van der Waals surface area contributed by atoms with Crippen LogP contribution in [0.15, 0.2) is 0 Å². The molecule has 1 saturated heterocycles. The van der Waals surface area contributed by atoms with E-state index in [2.05, 4.69) is 0 Å². The Hall–Kier alpha value is -1.10. The third-order valence-electron chi connectivity index (χ3n) is 3.44. The van der Waals surface area contributed by atoms with Gasteiger partial charge in [-0.25, -0.2) is 0 Å². The molecule has 0 unspecified atom stereocenters. The highest BCUT2D eigenvalue weighted by atomic mass is 16.5. The van der Waals surface area contributed by atoms with Gasteiger partial charge in [-0.3, -0.25) is 9.59 Å². The number of rotatable bonds is 6. The number of nitrogens with zero attached hydrogens (tertiary/aromatic N) is 1. The van der Waals surface area contributed by atoms with Crippen LogP contribution in [-0.2, 0) is 14.3 Å². The number of carboxylic acids is 1.